The topological polar surface area (TPSA) is 128 Å². The number of hydrogen-bond donors (Lipinski definition) is 2. The Bertz CT molecular complexity index is 685. The smallest absolute Gasteiger partial charge is 0.258 e. The van der Waals surface area contributed by atoms with E-state index in [2.05, 4.69) is 35.7 Å². The highest BCUT2D eigenvalue weighted by atomic mass is 32.2. The molecule has 2 N–H and O–H groups in total. The van der Waals surface area contributed by atoms with Crippen molar-refractivity contribution >= 4 is 21.7 Å². The Morgan fingerprint density at radius 3 is 2.62 bits per heavy atom. The van der Waals surface area contributed by atoms with Crippen LogP contribution in [0.15, 0.2) is 12.7 Å². The summed E-state index contributed by atoms with van der Waals surface area (Å²) in [4.78, 5) is 16.3. The lowest BCUT2D eigenvalue weighted by atomic mass is 10.5. The molecule has 0 aliphatic carbocycles. The predicted octanol–water partition coefficient (Wildman–Crippen LogP) is -0.659. The van der Waals surface area contributed by atoms with Gasteiger partial charge in [-0.1, -0.05) is 0 Å². The van der Waals surface area contributed by atoms with Gasteiger partial charge in [0, 0.05) is 19.8 Å². The van der Waals surface area contributed by atoms with Crippen molar-refractivity contribution in [3.63, 3.8) is 0 Å². The van der Waals surface area contributed by atoms with Gasteiger partial charge in [-0.2, -0.15) is 24.7 Å². The van der Waals surface area contributed by atoms with Crippen LogP contribution in [0.25, 0.3) is 5.95 Å². The fourth-order valence-corrected chi connectivity index (χ4v) is 2.17. The lowest BCUT2D eigenvalue weighted by Gasteiger charge is -2.08. The minimum Gasteiger partial charge on any atom is -0.357 e. The molecule has 114 valence electrons. The Labute approximate surface area is 122 Å². The molecule has 2 aromatic heterocycles. The molecule has 11 heteroatoms. The third-order valence-corrected chi connectivity index (χ3v) is 3.48. The summed E-state index contributed by atoms with van der Waals surface area (Å²) in [5.74, 6) is 1.15. The molecule has 10 nitrogen and oxygen atoms in total. The first-order valence-corrected chi connectivity index (χ1v) is 8.24. The van der Waals surface area contributed by atoms with E-state index in [0.717, 1.165) is 0 Å². The minimum atomic E-state index is -2.96. The highest BCUT2D eigenvalue weighted by Gasteiger charge is 2.08. The van der Waals surface area contributed by atoms with E-state index in [-0.39, 0.29) is 5.75 Å². The molecular weight excluding hydrogens is 296 g/mol. The molecule has 0 amide bonds. The maximum absolute atomic E-state index is 11.1. The van der Waals surface area contributed by atoms with Crippen LogP contribution >= 0.6 is 0 Å². The van der Waals surface area contributed by atoms with Crippen LogP contribution in [-0.2, 0) is 9.84 Å². The molecule has 0 radical (unpaired) electrons. The molecule has 2 rings (SSSR count). The molecule has 0 aliphatic rings. The van der Waals surface area contributed by atoms with Crippen LogP contribution in [0.4, 0.5) is 11.9 Å². The Morgan fingerprint density at radius 1 is 1.24 bits per heavy atom. The summed E-state index contributed by atoms with van der Waals surface area (Å²) in [6.45, 7) is 0.442. The van der Waals surface area contributed by atoms with Gasteiger partial charge in [-0.3, -0.25) is 0 Å². The number of aromatic nitrogens is 6. The quantitative estimate of drug-likeness (QED) is 0.640. The summed E-state index contributed by atoms with van der Waals surface area (Å²) >= 11 is 0. The largest absolute Gasteiger partial charge is 0.357 e. The fraction of sp³-hybridized carbons (Fsp3) is 0.500. The molecule has 0 saturated carbocycles. The summed E-state index contributed by atoms with van der Waals surface area (Å²) in [5, 5.41) is 9.74. The third kappa shape index (κ3) is 4.63. The second-order valence-electron chi connectivity index (χ2n) is 4.28. The van der Waals surface area contributed by atoms with Gasteiger partial charge in [-0.25, -0.2) is 13.4 Å². The first-order valence-electron chi connectivity index (χ1n) is 6.18. The molecule has 0 atom stereocenters. The molecule has 0 saturated heterocycles. The molecule has 2 heterocycles. The highest BCUT2D eigenvalue weighted by Crippen LogP contribution is 2.07. The van der Waals surface area contributed by atoms with Crippen molar-refractivity contribution in [2.24, 2.45) is 0 Å². The Hall–Kier alpha value is -2.30. The van der Waals surface area contributed by atoms with E-state index in [9.17, 15) is 8.42 Å². The zero-order valence-corrected chi connectivity index (χ0v) is 12.5. The van der Waals surface area contributed by atoms with Gasteiger partial charge in [-0.05, 0) is 6.42 Å². The van der Waals surface area contributed by atoms with Crippen molar-refractivity contribution in [2.75, 3.05) is 36.2 Å². The highest BCUT2D eigenvalue weighted by molar-refractivity contribution is 7.90. The van der Waals surface area contributed by atoms with E-state index >= 15 is 0 Å². The van der Waals surface area contributed by atoms with E-state index in [1.165, 1.54) is 23.6 Å². The van der Waals surface area contributed by atoms with Gasteiger partial charge >= 0.3 is 0 Å². The van der Waals surface area contributed by atoms with Crippen LogP contribution in [0.1, 0.15) is 6.42 Å². The average Bonchev–Trinajstić information content (AvgIpc) is 2.96. The maximum atomic E-state index is 11.1. The van der Waals surface area contributed by atoms with Crippen molar-refractivity contribution in [3.8, 4) is 5.95 Å². The monoisotopic (exact) mass is 312 g/mol. The van der Waals surface area contributed by atoms with E-state index in [1.807, 2.05) is 0 Å². The molecule has 0 unspecified atom stereocenters. The SMILES string of the molecule is CNc1nc(NCCCS(C)(=O)=O)nc(-n2cncn2)n1. The van der Waals surface area contributed by atoms with E-state index in [4.69, 9.17) is 0 Å². The zero-order chi connectivity index (χ0) is 15.3. The molecule has 2 aromatic rings. The van der Waals surface area contributed by atoms with Crippen molar-refractivity contribution in [1.82, 2.24) is 29.7 Å². The average molecular weight is 312 g/mol. The first kappa shape index (κ1) is 15.1. The van der Waals surface area contributed by atoms with Crippen molar-refractivity contribution < 1.29 is 8.42 Å². The molecule has 0 spiro atoms. The lowest BCUT2D eigenvalue weighted by Crippen LogP contribution is -2.14. The third-order valence-electron chi connectivity index (χ3n) is 2.45. The van der Waals surface area contributed by atoms with Crippen LogP contribution < -0.4 is 10.6 Å². The Balaban J connectivity index is 2.07. The van der Waals surface area contributed by atoms with Gasteiger partial charge in [0.2, 0.25) is 11.9 Å². The number of nitrogens with zero attached hydrogens (tertiary/aromatic N) is 6. The van der Waals surface area contributed by atoms with Gasteiger partial charge in [0.05, 0.1) is 5.75 Å². The Kier molecular flexibility index (Phi) is 4.62. The molecule has 0 fully saturated rings. The normalized spacial score (nSPS) is 11.3. The fourth-order valence-electron chi connectivity index (χ4n) is 1.50. The summed E-state index contributed by atoms with van der Waals surface area (Å²) < 4.78 is 23.5. The van der Waals surface area contributed by atoms with Gasteiger partial charge in [0.1, 0.15) is 22.5 Å². The summed E-state index contributed by atoms with van der Waals surface area (Å²) in [7, 11) is -1.27. The number of nitrogens with one attached hydrogen (secondary N) is 2. The molecule has 21 heavy (non-hydrogen) atoms. The van der Waals surface area contributed by atoms with Crippen LogP contribution in [0.5, 0.6) is 0 Å². The van der Waals surface area contributed by atoms with Crippen LogP contribution in [0.3, 0.4) is 0 Å². The Morgan fingerprint density at radius 2 is 2.00 bits per heavy atom. The summed E-state index contributed by atoms with van der Waals surface area (Å²) in [5.41, 5.74) is 0. The summed E-state index contributed by atoms with van der Waals surface area (Å²) in [6, 6.07) is 0. The molecule has 0 aromatic carbocycles. The van der Waals surface area contributed by atoms with E-state index in [1.54, 1.807) is 7.05 Å². The van der Waals surface area contributed by atoms with E-state index < -0.39 is 9.84 Å². The number of sulfone groups is 1. The first-order chi connectivity index (χ1) is 9.98. The van der Waals surface area contributed by atoms with Crippen molar-refractivity contribution in [2.45, 2.75) is 6.42 Å². The zero-order valence-electron chi connectivity index (χ0n) is 11.7. The predicted molar refractivity (Wildman–Crippen MR) is 77.1 cm³/mol. The van der Waals surface area contributed by atoms with E-state index in [0.29, 0.717) is 30.8 Å². The lowest BCUT2D eigenvalue weighted by molar-refractivity contribution is 0.600. The molecule has 0 aliphatic heterocycles. The molecular formula is C10H16N8O2S. The van der Waals surface area contributed by atoms with Crippen molar-refractivity contribution in [1.29, 1.82) is 0 Å². The minimum absolute atomic E-state index is 0.111. The van der Waals surface area contributed by atoms with Crippen molar-refractivity contribution in [3.05, 3.63) is 12.7 Å². The number of hydrogen-bond acceptors (Lipinski definition) is 9. The van der Waals surface area contributed by atoms with Gasteiger partial charge in [-0.15, -0.1) is 0 Å². The number of rotatable bonds is 7. The number of anilines is 2. The summed E-state index contributed by atoms with van der Waals surface area (Å²) in [6.07, 6.45) is 4.53. The van der Waals surface area contributed by atoms with Gasteiger partial charge in [0.15, 0.2) is 0 Å². The second kappa shape index (κ2) is 6.43. The second-order valence-corrected chi connectivity index (χ2v) is 6.54. The van der Waals surface area contributed by atoms with Gasteiger partial charge < -0.3 is 10.6 Å². The maximum Gasteiger partial charge on any atom is 0.258 e. The standard InChI is InChI=1S/C10H16N8O2S/c1-11-8-15-9(13-4-3-5-21(2,19)20)17-10(16-8)18-7-12-6-14-18/h6-7H,3-5H2,1-2H3,(H2,11,13,15,16,17). The van der Waals surface area contributed by atoms with Gasteiger partial charge in [0.25, 0.3) is 5.95 Å². The van der Waals surface area contributed by atoms with Crippen LogP contribution in [-0.4, -0.2) is 63.7 Å². The molecule has 0 bridgehead atoms. The van der Waals surface area contributed by atoms with Crippen LogP contribution in [0, 0.1) is 0 Å². The van der Waals surface area contributed by atoms with Crippen LogP contribution in [0.2, 0.25) is 0 Å².